The molecule has 1 N–H and O–H groups in total. The second-order valence-corrected chi connectivity index (χ2v) is 13.0. The van der Waals surface area contributed by atoms with Crippen LogP contribution >= 0.6 is 0 Å². The molecule has 5 aromatic rings. The maximum atomic E-state index is 14.1. The molecule has 2 aromatic heterocycles. The molecule has 0 saturated carbocycles. The minimum Gasteiger partial charge on any atom is -0.457 e. The predicted octanol–water partition coefficient (Wildman–Crippen LogP) is 4.83. The molecule has 0 aliphatic carbocycles. The highest BCUT2D eigenvalue weighted by atomic mass is 16.5. The molecule has 4 heterocycles. The number of amides is 2. The van der Waals surface area contributed by atoms with Gasteiger partial charge in [-0.05, 0) is 61.2 Å². The Morgan fingerprint density at radius 3 is 2.35 bits per heavy atom. The van der Waals surface area contributed by atoms with Crippen LogP contribution in [0.1, 0.15) is 41.1 Å². The van der Waals surface area contributed by atoms with Crippen molar-refractivity contribution in [2.45, 2.75) is 37.3 Å². The number of para-hydroxylation sites is 1. The van der Waals surface area contributed by atoms with Gasteiger partial charge in [-0.25, -0.2) is 4.98 Å². The maximum absolute atomic E-state index is 14.1. The van der Waals surface area contributed by atoms with Crippen molar-refractivity contribution in [2.75, 3.05) is 26.2 Å². The summed E-state index contributed by atoms with van der Waals surface area (Å²) >= 11 is 0. The molecule has 10 nitrogen and oxygen atoms in total. The van der Waals surface area contributed by atoms with Gasteiger partial charge in [0.15, 0.2) is 0 Å². The highest BCUT2D eigenvalue weighted by Crippen LogP contribution is 2.36. The largest absolute Gasteiger partial charge is 0.457 e. The first kappa shape index (κ1) is 31.4. The van der Waals surface area contributed by atoms with Crippen molar-refractivity contribution >= 4 is 22.8 Å². The number of piperidine rings is 2. The fraction of sp³-hybridized carbons (Fsp3) is 0.316. The van der Waals surface area contributed by atoms with Gasteiger partial charge in [-0.3, -0.25) is 19.0 Å². The molecular weight excluding hydrogens is 606 g/mol. The number of hydrogen-bond donors (Lipinski definition) is 1. The number of aromatic nitrogens is 3. The number of nitrogens with zero attached hydrogens (tertiary/aromatic N) is 5. The summed E-state index contributed by atoms with van der Waals surface area (Å²) < 4.78 is 9.24. The molecule has 0 unspecified atom stereocenters. The van der Waals surface area contributed by atoms with Gasteiger partial charge in [0.1, 0.15) is 23.5 Å². The van der Waals surface area contributed by atoms with Crippen molar-refractivity contribution in [3.63, 3.8) is 0 Å². The Hall–Kier alpha value is -5.22. The Bertz CT molecular complexity index is 1980. The van der Waals surface area contributed by atoms with Crippen LogP contribution in [0.4, 0.5) is 0 Å². The Morgan fingerprint density at radius 2 is 1.60 bits per heavy atom. The molecule has 48 heavy (non-hydrogen) atoms. The summed E-state index contributed by atoms with van der Waals surface area (Å²) in [5.41, 5.74) is 0.852. The fourth-order valence-electron chi connectivity index (χ4n) is 7.12. The van der Waals surface area contributed by atoms with Crippen LogP contribution in [0.25, 0.3) is 11.0 Å². The smallest absolute Gasteiger partial charge is 0.262 e. The Morgan fingerprint density at radius 1 is 0.896 bits per heavy atom. The SMILES string of the molecule is Cn1ccc2c(=O)n(CC3(O)CCN(C(=O)[C@@H]4CCN(C(=O)c5cccc(Oc6ccccc6)c5)C[C@H]4c4ccccc4)CC3)cnc21. The maximum Gasteiger partial charge on any atom is 0.262 e. The van der Waals surface area contributed by atoms with Crippen LogP contribution in [-0.4, -0.2) is 72.6 Å². The summed E-state index contributed by atoms with van der Waals surface area (Å²) in [5, 5.41) is 12.0. The molecule has 2 amide bonds. The fourth-order valence-corrected chi connectivity index (χ4v) is 7.12. The van der Waals surface area contributed by atoms with E-state index in [9.17, 15) is 19.5 Å². The monoisotopic (exact) mass is 645 g/mol. The third-order valence-electron chi connectivity index (χ3n) is 9.83. The summed E-state index contributed by atoms with van der Waals surface area (Å²) in [6.45, 7) is 1.77. The molecule has 2 aliphatic heterocycles. The molecule has 10 heteroatoms. The predicted molar refractivity (Wildman–Crippen MR) is 182 cm³/mol. The van der Waals surface area contributed by atoms with Crippen molar-refractivity contribution in [2.24, 2.45) is 13.0 Å². The van der Waals surface area contributed by atoms with E-state index in [1.807, 2.05) is 89.6 Å². The van der Waals surface area contributed by atoms with Crippen LogP contribution in [0, 0.1) is 5.92 Å². The first-order valence-corrected chi connectivity index (χ1v) is 16.5. The standard InChI is InChI=1S/C38H39N5O5/c1-40-19-15-32-34(40)39-26-43(37(32)46)25-38(47)17-21-41(22-18-38)36(45)31-16-20-42(24-33(31)27-9-4-2-5-10-27)35(44)28-11-8-14-30(23-28)48-29-12-6-3-7-13-29/h2-15,19,23,26,31,33,47H,16-18,20-22,24-25H2,1H3/t31-,33+/m1/s1. The van der Waals surface area contributed by atoms with Gasteiger partial charge in [-0.1, -0.05) is 54.6 Å². The molecule has 246 valence electrons. The molecule has 2 saturated heterocycles. The zero-order valence-corrected chi connectivity index (χ0v) is 26.9. The molecule has 0 spiro atoms. The van der Waals surface area contributed by atoms with E-state index >= 15 is 0 Å². The van der Waals surface area contributed by atoms with Gasteiger partial charge in [0, 0.05) is 56.8 Å². The summed E-state index contributed by atoms with van der Waals surface area (Å²) in [6.07, 6.45) is 4.53. The number of rotatable bonds is 7. The Balaban J connectivity index is 1.03. The summed E-state index contributed by atoms with van der Waals surface area (Å²) in [5.74, 6) is 0.748. The van der Waals surface area contributed by atoms with Crippen molar-refractivity contribution in [1.29, 1.82) is 0 Å². The average molecular weight is 646 g/mol. The molecule has 2 fully saturated rings. The van der Waals surface area contributed by atoms with E-state index < -0.39 is 5.60 Å². The molecule has 7 rings (SSSR count). The number of aliphatic hydroxyl groups is 1. The number of fused-ring (bicyclic) bond motifs is 1. The number of aryl methyl sites for hydroxylation is 1. The van der Waals surface area contributed by atoms with Crippen molar-refractivity contribution in [3.8, 4) is 11.5 Å². The quantitative estimate of drug-likeness (QED) is 0.272. The number of carbonyl (C=O) groups is 2. The number of carbonyl (C=O) groups excluding carboxylic acids is 2. The Labute approximate surface area is 278 Å². The van der Waals surface area contributed by atoms with Crippen molar-refractivity contribution in [1.82, 2.24) is 23.9 Å². The highest BCUT2D eigenvalue weighted by molar-refractivity contribution is 5.95. The van der Waals surface area contributed by atoms with Gasteiger partial charge < -0.3 is 24.2 Å². The average Bonchev–Trinajstić information content (AvgIpc) is 3.50. The van der Waals surface area contributed by atoms with E-state index in [0.29, 0.717) is 73.5 Å². The van der Waals surface area contributed by atoms with Crippen LogP contribution in [-0.2, 0) is 18.4 Å². The molecule has 3 aromatic carbocycles. The summed E-state index contributed by atoms with van der Waals surface area (Å²) in [7, 11) is 1.84. The molecule has 2 aliphatic rings. The van der Waals surface area contributed by atoms with E-state index in [0.717, 1.165) is 5.56 Å². The van der Waals surface area contributed by atoms with Crippen LogP contribution in [0.3, 0.4) is 0 Å². The first-order valence-electron chi connectivity index (χ1n) is 16.5. The summed E-state index contributed by atoms with van der Waals surface area (Å²) in [6, 6.07) is 28.3. The van der Waals surface area contributed by atoms with E-state index in [4.69, 9.17) is 4.74 Å². The first-order chi connectivity index (χ1) is 23.3. The third-order valence-corrected chi connectivity index (χ3v) is 9.83. The number of ether oxygens (including phenoxy) is 1. The lowest BCUT2D eigenvalue weighted by Gasteiger charge is -2.43. The van der Waals surface area contributed by atoms with Crippen molar-refractivity contribution < 1.29 is 19.4 Å². The minimum absolute atomic E-state index is 0.0424. The number of likely N-dealkylation sites (tertiary alicyclic amines) is 2. The van der Waals surface area contributed by atoms with Gasteiger partial charge in [0.05, 0.1) is 17.5 Å². The van der Waals surface area contributed by atoms with Crippen LogP contribution in [0.5, 0.6) is 11.5 Å². The number of benzene rings is 3. The van der Waals surface area contributed by atoms with E-state index in [-0.39, 0.29) is 35.8 Å². The van der Waals surface area contributed by atoms with Crippen LogP contribution in [0.2, 0.25) is 0 Å². The lowest BCUT2D eigenvalue weighted by atomic mass is 9.79. The van der Waals surface area contributed by atoms with E-state index in [1.165, 1.54) is 10.9 Å². The normalized spacial score (nSPS) is 19.3. The zero-order valence-electron chi connectivity index (χ0n) is 26.9. The molecule has 0 bridgehead atoms. The zero-order chi connectivity index (χ0) is 33.3. The molecule has 2 atom stereocenters. The topological polar surface area (TPSA) is 110 Å². The minimum atomic E-state index is -1.13. The Kier molecular flexibility index (Phi) is 8.58. The lowest BCUT2D eigenvalue weighted by molar-refractivity contribution is -0.142. The van der Waals surface area contributed by atoms with Gasteiger partial charge >= 0.3 is 0 Å². The van der Waals surface area contributed by atoms with Crippen LogP contribution in [0.15, 0.2) is 108 Å². The van der Waals surface area contributed by atoms with Gasteiger partial charge in [0.25, 0.3) is 11.5 Å². The lowest BCUT2D eigenvalue weighted by Crippen LogP contribution is -2.53. The van der Waals surface area contributed by atoms with Gasteiger partial charge in [-0.2, -0.15) is 0 Å². The van der Waals surface area contributed by atoms with E-state index in [1.54, 1.807) is 29.0 Å². The highest BCUT2D eigenvalue weighted by Gasteiger charge is 2.41. The van der Waals surface area contributed by atoms with E-state index in [2.05, 4.69) is 4.98 Å². The molecular formula is C38H39N5O5. The summed E-state index contributed by atoms with van der Waals surface area (Å²) in [4.78, 5) is 49.1. The molecule has 0 radical (unpaired) electrons. The third kappa shape index (κ3) is 6.35. The van der Waals surface area contributed by atoms with Crippen molar-refractivity contribution in [3.05, 3.63) is 125 Å². The number of hydrogen-bond acceptors (Lipinski definition) is 6. The van der Waals surface area contributed by atoms with Crippen LogP contribution < -0.4 is 10.3 Å². The van der Waals surface area contributed by atoms with Gasteiger partial charge in [0.2, 0.25) is 5.91 Å². The second-order valence-electron chi connectivity index (χ2n) is 13.0. The second kappa shape index (κ2) is 13.1. The van der Waals surface area contributed by atoms with Gasteiger partial charge in [-0.15, -0.1) is 0 Å².